The summed E-state index contributed by atoms with van der Waals surface area (Å²) in [5, 5.41) is 11.6. The smallest absolute Gasteiger partial charge is 0.0621 e. The summed E-state index contributed by atoms with van der Waals surface area (Å²) in [6.45, 7) is 0.885. The van der Waals surface area contributed by atoms with Gasteiger partial charge in [0.25, 0.3) is 0 Å². The van der Waals surface area contributed by atoms with Crippen LogP contribution in [0.15, 0.2) is 24.3 Å². The summed E-state index contributed by atoms with van der Waals surface area (Å²) in [6, 6.07) is 9.91. The molecule has 0 atom stereocenters. The number of benzene rings is 1. The third-order valence-corrected chi connectivity index (χ3v) is 2.07. The maximum atomic E-state index is 8.36. The molecule has 0 bridgehead atoms. The molecule has 1 rings (SSSR count). The van der Waals surface area contributed by atoms with Crippen molar-refractivity contribution >= 4 is 5.69 Å². The molecular weight excluding hydrogens is 184 g/mol. The van der Waals surface area contributed by atoms with E-state index >= 15 is 0 Å². The Morgan fingerprint density at radius 1 is 1.33 bits per heavy atom. The first-order valence-electron chi connectivity index (χ1n) is 5.04. The van der Waals surface area contributed by atoms with E-state index in [0.717, 1.165) is 30.6 Å². The average molecular weight is 198 g/mol. The van der Waals surface area contributed by atoms with E-state index in [0.29, 0.717) is 6.42 Å². The number of rotatable bonds is 5. The predicted octanol–water partition coefficient (Wildman–Crippen LogP) is 2.77. The highest BCUT2D eigenvalue weighted by Crippen LogP contribution is 2.09. The van der Waals surface area contributed by atoms with Gasteiger partial charge in [-0.15, -0.1) is 6.42 Å². The van der Waals surface area contributed by atoms with Gasteiger partial charge in [0.2, 0.25) is 0 Å². The molecule has 0 aliphatic carbocycles. The largest absolute Gasteiger partial charge is 0.385 e. The maximum Gasteiger partial charge on any atom is 0.0621 e. The van der Waals surface area contributed by atoms with E-state index in [1.165, 1.54) is 0 Å². The minimum absolute atomic E-state index is 0.631. The molecule has 0 radical (unpaired) electrons. The first kappa shape index (κ1) is 11.1. The third kappa shape index (κ3) is 4.20. The number of hydrogen-bond acceptors (Lipinski definition) is 2. The van der Waals surface area contributed by atoms with Crippen LogP contribution in [0.2, 0.25) is 0 Å². The maximum absolute atomic E-state index is 8.36. The molecule has 0 spiro atoms. The Labute approximate surface area is 90.9 Å². The predicted molar refractivity (Wildman–Crippen MR) is 62.3 cm³/mol. The molecule has 0 saturated heterocycles. The third-order valence-electron chi connectivity index (χ3n) is 2.07. The van der Waals surface area contributed by atoms with Gasteiger partial charge in [0, 0.05) is 24.2 Å². The fourth-order valence-corrected chi connectivity index (χ4v) is 1.28. The average Bonchev–Trinajstić information content (AvgIpc) is 2.29. The molecule has 1 aromatic rings. The number of nitrogens with one attached hydrogen (secondary N) is 1. The van der Waals surface area contributed by atoms with Gasteiger partial charge in [-0.2, -0.15) is 5.26 Å². The summed E-state index contributed by atoms with van der Waals surface area (Å²) in [5.74, 6) is 2.60. The lowest BCUT2D eigenvalue weighted by Crippen LogP contribution is -2.01. The van der Waals surface area contributed by atoms with Crippen LogP contribution in [-0.4, -0.2) is 6.54 Å². The van der Waals surface area contributed by atoms with E-state index in [1.54, 1.807) is 0 Å². The summed E-state index contributed by atoms with van der Waals surface area (Å²) >= 11 is 0. The summed E-state index contributed by atoms with van der Waals surface area (Å²) in [6.07, 6.45) is 7.88. The molecule has 2 nitrogen and oxygen atoms in total. The molecule has 0 unspecified atom stereocenters. The lowest BCUT2D eigenvalue weighted by Gasteiger charge is -2.05. The van der Waals surface area contributed by atoms with Crippen LogP contribution in [0.3, 0.4) is 0 Å². The SMILES string of the molecule is C#Cc1cccc(NCCCCC#N)c1. The monoisotopic (exact) mass is 198 g/mol. The molecule has 1 aromatic carbocycles. The number of terminal acetylenes is 1. The van der Waals surface area contributed by atoms with Crippen LogP contribution < -0.4 is 5.32 Å². The quantitative estimate of drug-likeness (QED) is 0.583. The minimum atomic E-state index is 0.631. The normalized spacial score (nSPS) is 8.93. The number of unbranched alkanes of at least 4 members (excludes halogenated alkanes) is 2. The van der Waals surface area contributed by atoms with Gasteiger partial charge in [-0.1, -0.05) is 12.0 Å². The van der Waals surface area contributed by atoms with Crippen molar-refractivity contribution in [1.29, 1.82) is 5.26 Å². The Bertz CT molecular complexity index is 382. The van der Waals surface area contributed by atoms with Crippen LogP contribution in [0, 0.1) is 23.7 Å². The molecule has 76 valence electrons. The Morgan fingerprint density at radius 3 is 2.93 bits per heavy atom. The molecule has 0 amide bonds. The van der Waals surface area contributed by atoms with Gasteiger partial charge in [-0.25, -0.2) is 0 Å². The van der Waals surface area contributed by atoms with E-state index < -0.39 is 0 Å². The number of anilines is 1. The fraction of sp³-hybridized carbons (Fsp3) is 0.308. The van der Waals surface area contributed by atoms with Gasteiger partial charge in [-0.3, -0.25) is 0 Å². The van der Waals surface area contributed by atoms with Crippen LogP contribution in [0.5, 0.6) is 0 Å². The van der Waals surface area contributed by atoms with Crippen LogP contribution >= 0.6 is 0 Å². The first-order valence-corrected chi connectivity index (χ1v) is 5.04. The van der Waals surface area contributed by atoms with Gasteiger partial charge in [0.05, 0.1) is 6.07 Å². The van der Waals surface area contributed by atoms with Gasteiger partial charge < -0.3 is 5.32 Å². The van der Waals surface area contributed by atoms with E-state index in [9.17, 15) is 0 Å². The molecule has 15 heavy (non-hydrogen) atoms. The van der Waals surface area contributed by atoms with Crippen molar-refractivity contribution in [2.45, 2.75) is 19.3 Å². The van der Waals surface area contributed by atoms with Crippen LogP contribution in [0.25, 0.3) is 0 Å². The zero-order chi connectivity index (χ0) is 10.9. The Morgan fingerprint density at radius 2 is 2.20 bits per heavy atom. The van der Waals surface area contributed by atoms with Gasteiger partial charge in [0.1, 0.15) is 0 Å². The number of hydrogen-bond donors (Lipinski definition) is 1. The summed E-state index contributed by atoms with van der Waals surface area (Å²) in [4.78, 5) is 0. The standard InChI is InChI=1S/C13H14N2/c1-2-12-7-6-8-13(11-12)15-10-5-3-4-9-14/h1,6-8,11,15H,3-5,10H2. The molecule has 0 aliphatic heterocycles. The van der Waals surface area contributed by atoms with Crippen molar-refractivity contribution < 1.29 is 0 Å². The molecule has 0 saturated carbocycles. The highest BCUT2D eigenvalue weighted by Gasteiger charge is 1.92. The van der Waals surface area contributed by atoms with Crippen LogP contribution in [0.4, 0.5) is 5.69 Å². The van der Waals surface area contributed by atoms with Crippen molar-refractivity contribution in [3.8, 4) is 18.4 Å². The molecule has 0 fully saturated rings. The lowest BCUT2D eigenvalue weighted by molar-refractivity contribution is 0.784. The highest BCUT2D eigenvalue weighted by molar-refractivity contribution is 5.49. The van der Waals surface area contributed by atoms with Crippen molar-refractivity contribution in [2.75, 3.05) is 11.9 Å². The van der Waals surface area contributed by atoms with Crippen molar-refractivity contribution in [3.63, 3.8) is 0 Å². The lowest BCUT2D eigenvalue weighted by atomic mass is 10.2. The second kappa shape index (κ2) is 6.51. The topological polar surface area (TPSA) is 35.8 Å². The second-order valence-corrected chi connectivity index (χ2v) is 3.27. The van der Waals surface area contributed by atoms with E-state index in [2.05, 4.69) is 17.3 Å². The van der Waals surface area contributed by atoms with E-state index in [1.807, 2.05) is 24.3 Å². The molecular formula is C13H14N2. The molecule has 0 aliphatic rings. The number of nitrogens with zero attached hydrogens (tertiary/aromatic N) is 1. The molecule has 1 N–H and O–H groups in total. The second-order valence-electron chi connectivity index (χ2n) is 3.27. The van der Waals surface area contributed by atoms with Gasteiger partial charge in [0.15, 0.2) is 0 Å². The van der Waals surface area contributed by atoms with Gasteiger partial charge >= 0.3 is 0 Å². The van der Waals surface area contributed by atoms with Crippen molar-refractivity contribution in [3.05, 3.63) is 29.8 Å². The zero-order valence-corrected chi connectivity index (χ0v) is 8.66. The summed E-state index contributed by atoms with van der Waals surface area (Å²) in [5.41, 5.74) is 1.93. The highest BCUT2D eigenvalue weighted by atomic mass is 14.9. The fourth-order valence-electron chi connectivity index (χ4n) is 1.28. The Hall–Kier alpha value is -1.93. The van der Waals surface area contributed by atoms with Crippen molar-refractivity contribution in [1.82, 2.24) is 0 Å². The molecule has 2 heteroatoms. The molecule has 0 aromatic heterocycles. The van der Waals surface area contributed by atoms with Gasteiger partial charge in [-0.05, 0) is 31.0 Å². The zero-order valence-electron chi connectivity index (χ0n) is 8.66. The number of nitriles is 1. The minimum Gasteiger partial charge on any atom is -0.385 e. The Balaban J connectivity index is 2.32. The summed E-state index contributed by atoms with van der Waals surface area (Å²) < 4.78 is 0. The van der Waals surface area contributed by atoms with E-state index in [-0.39, 0.29) is 0 Å². The van der Waals surface area contributed by atoms with Crippen LogP contribution in [-0.2, 0) is 0 Å². The first-order chi connectivity index (χ1) is 7.36. The molecule has 0 heterocycles. The van der Waals surface area contributed by atoms with Crippen molar-refractivity contribution in [2.24, 2.45) is 0 Å². The van der Waals surface area contributed by atoms with Crippen LogP contribution in [0.1, 0.15) is 24.8 Å². The van der Waals surface area contributed by atoms with E-state index in [4.69, 9.17) is 11.7 Å². The summed E-state index contributed by atoms with van der Waals surface area (Å²) in [7, 11) is 0. The Kier molecular flexibility index (Phi) is 4.84.